The predicted octanol–water partition coefficient (Wildman–Crippen LogP) is 6.44. The van der Waals surface area contributed by atoms with Crippen LogP contribution in [0.15, 0.2) is 77.3 Å². The monoisotopic (exact) mass is 701 g/mol. The predicted molar refractivity (Wildman–Crippen MR) is 165 cm³/mol. The summed E-state index contributed by atoms with van der Waals surface area (Å²) in [5, 5.41) is 2.30. The number of halogens is 5. The Morgan fingerprint density at radius 1 is 1.00 bits per heavy atom. The van der Waals surface area contributed by atoms with Crippen molar-refractivity contribution in [1.29, 1.82) is 0 Å². The number of sulfonamides is 1. The quantitative estimate of drug-likeness (QED) is 0.236. The molecular formula is C30H32BrClF3N3O4S. The van der Waals surface area contributed by atoms with E-state index in [1.807, 2.05) is 19.9 Å². The van der Waals surface area contributed by atoms with Gasteiger partial charge in [-0.15, -0.1) is 0 Å². The van der Waals surface area contributed by atoms with Crippen LogP contribution >= 0.6 is 27.5 Å². The molecule has 43 heavy (non-hydrogen) atoms. The highest BCUT2D eigenvalue weighted by Crippen LogP contribution is 2.37. The van der Waals surface area contributed by atoms with Gasteiger partial charge in [0.15, 0.2) is 0 Å². The molecule has 1 N–H and O–H groups in total. The Kier molecular flexibility index (Phi) is 11.7. The summed E-state index contributed by atoms with van der Waals surface area (Å²) >= 11 is 9.12. The number of benzene rings is 3. The third kappa shape index (κ3) is 9.70. The molecule has 0 aliphatic rings. The maximum Gasteiger partial charge on any atom is 0.417 e. The normalized spacial score (nSPS) is 13.2. The molecule has 3 aromatic carbocycles. The van der Waals surface area contributed by atoms with Crippen LogP contribution in [0.2, 0.25) is 5.02 Å². The number of alkyl halides is 3. The molecule has 232 valence electrons. The van der Waals surface area contributed by atoms with Crippen molar-refractivity contribution >= 4 is 55.1 Å². The van der Waals surface area contributed by atoms with Crippen molar-refractivity contribution in [3.05, 3.63) is 99.0 Å². The standard InChI is InChI=1S/C30H32BrClF3N3O4S/c1-4-20(2)36-29(40)27(16-21-8-6-5-7-9-21)37(18-22-10-12-23(31)13-11-22)28(39)19-38(43(3,41)42)24-14-15-26(32)25(17-24)30(33,34)35/h5-15,17,20,27H,4,16,18-19H2,1-3H3,(H,36,40). The lowest BCUT2D eigenvalue weighted by Gasteiger charge is -2.34. The second kappa shape index (κ2) is 14.6. The van der Waals surface area contributed by atoms with Gasteiger partial charge in [0.2, 0.25) is 21.8 Å². The van der Waals surface area contributed by atoms with Crippen molar-refractivity contribution in [2.75, 3.05) is 17.1 Å². The zero-order valence-corrected chi connectivity index (χ0v) is 26.9. The minimum Gasteiger partial charge on any atom is -0.352 e. The highest BCUT2D eigenvalue weighted by Gasteiger charge is 2.36. The van der Waals surface area contributed by atoms with E-state index in [4.69, 9.17) is 11.6 Å². The van der Waals surface area contributed by atoms with Crippen LogP contribution < -0.4 is 9.62 Å². The molecule has 0 heterocycles. The van der Waals surface area contributed by atoms with E-state index < -0.39 is 51.2 Å². The zero-order chi connectivity index (χ0) is 31.9. The number of anilines is 1. The first-order valence-electron chi connectivity index (χ1n) is 13.3. The largest absolute Gasteiger partial charge is 0.417 e. The number of rotatable bonds is 12. The number of nitrogens with zero attached hydrogens (tertiary/aromatic N) is 2. The Hall–Kier alpha value is -3.09. The van der Waals surface area contributed by atoms with Crippen LogP contribution in [0.5, 0.6) is 0 Å². The molecule has 0 saturated carbocycles. The number of hydrogen-bond donors (Lipinski definition) is 1. The number of carbonyl (C=O) groups is 2. The van der Waals surface area contributed by atoms with Crippen LogP contribution in [-0.4, -0.2) is 50.0 Å². The van der Waals surface area contributed by atoms with Gasteiger partial charge in [-0.05, 0) is 54.8 Å². The number of nitrogens with one attached hydrogen (secondary N) is 1. The third-order valence-corrected chi connectivity index (χ3v) is 8.76. The first kappa shape index (κ1) is 34.4. The molecule has 0 aliphatic carbocycles. The maximum atomic E-state index is 14.1. The molecule has 0 aliphatic heterocycles. The molecular weight excluding hydrogens is 671 g/mol. The Morgan fingerprint density at radius 3 is 2.19 bits per heavy atom. The molecule has 0 saturated heterocycles. The smallest absolute Gasteiger partial charge is 0.352 e. The Labute approximate surface area is 263 Å². The van der Waals surface area contributed by atoms with E-state index in [1.165, 1.54) is 4.90 Å². The molecule has 0 fully saturated rings. The fourth-order valence-corrected chi connectivity index (χ4v) is 5.61. The summed E-state index contributed by atoms with van der Waals surface area (Å²) in [4.78, 5) is 29.0. The van der Waals surface area contributed by atoms with Crippen LogP contribution in [-0.2, 0) is 38.8 Å². The van der Waals surface area contributed by atoms with Crippen molar-refractivity contribution < 1.29 is 31.2 Å². The first-order chi connectivity index (χ1) is 20.1. The van der Waals surface area contributed by atoms with Gasteiger partial charge in [0.05, 0.1) is 22.5 Å². The van der Waals surface area contributed by atoms with Crippen LogP contribution in [0.3, 0.4) is 0 Å². The summed E-state index contributed by atoms with van der Waals surface area (Å²) in [6.07, 6.45) is -3.32. The lowest BCUT2D eigenvalue weighted by molar-refractivity contribution is -0.140. The van der Waals surface area contributed by atoms with Gasteiger partial charge >= 0.3 is 6.18 Å². The topological polar surface area (TPSA) is 86.8 Å². The van der Waals surface area contributed by atoms with Gasteiger partial charge < -0.3 is 10.2 Å². The number of carbonyl (C=O) groups excluding carboxylic acids is 2. The fraction of sp³-hybridized carbons (Fsp3) is 0.333. The van der Waals surface area contributed by atoms with E-state index in [-0.39, 0.29) is 24.7 Å². The molecule has 7 nitrogen and oxygen atoms in total. The van der Waals surface area contributed by atoms with Gasteiger partial charge in [-0.3, -0.25) is 13.9 Å². The third-order valence-electron chi connectivity index (χ3n) is 6.76. The molecule has 0 bridgehead atoms. The molecule has 3 aromatic rings. The lowest BCUT2D eigenvalue weighted by Crippen LogP contribution is -2.54. The summed E-state index contributed by atoms with van der Waals surface area (Å²) in [5.74, 6) is -1.22. The summed E-state index contributed by atoms with van der Waals surface area (Å²) in [6, 6.07) is 17.4. The lowest BCUT2D eigenvalue weighted by atomic mass is 10.0. The van der Waals surface area contributed by atoms with Crippen molar-refractivity contribution in [3.8, 4) is 0 Å². The van der Waals surface area contributed by atoms with Crippen LogP contribution in [0.1, 0.15) is 37.0 Å². The summed E-state index contributed by atoms with van der Waals surface area (Å²) in [7, 11) is -4.26. The van der Waals surface area contributed by atoms with Crippen LogP contribution in [0, 0.1) is 0 Å². The summed E-state index contributed by atoms with van der Waals surface area (Å²) < 4.78 is 67.9. The second-order valence-corrected chi connectivity index (χ2v) is 13.3. The van der Waals surface area contributed by atoms with Gasteiger partial charge in [-0.2, -0.15) is 13.2 Å². The van der Waals surface area contributed by atoms with Gasteiger partial charge in [-0.25, -0.2) is 8.42 Å². The molecule has 13 heteroatoms. The number of amides is 2. The zero-order valence-electron chi connectivity index (χ0n) is 23.7. The highest BCUT2D eigenvalue weighted by atomic mass is 79.9. The molecule has 3 rings (SSSR count). The molecule has 0 spiro atoms. The minimum absolute atomic E-state index is 0.0659. The summed E-state index contributed by atoms with van der Waals surface area (Å²) in [5.41, 5.74) is -0.218. The van der Waals surface area contributed by atoms with E-state index in [0.717, 1.165) is 28.4 Å². The SMILES string of the molecule is CCC(C)NC(=O)C(Cc1ccccc1)N(Cc1ccc(Br)cc1)C(=O)CN(c1ccc(Cl)c(C(F)(F)F)c1)S(C)(=O)=O. The van der Waals surface area contributed by atoms with Crippen LogP contribution in [0.25, 0.3) is 0 Å². The maximum absolute atomic E-state index is 14.1. The Bertz CT molecular complexity index is 1520. The first-order valence-corrected chi connectivity index (χ1v) is 16.3. The van der Waals surface area contributed by atoms with Crippen molar-refractivity contribution in [1.82, 2.24) is 10.2 Å². The van der Waals surface area contributed by atoms with E-state index in [0.29, 0.717) is 22.4 Å². The Morgan fingerprint density at radius 2 is 1.63 bits per heavy atom. The molecule has 0 aromatic heterocycles. The molecule has 0 radical (unpaired) electrons. The van der Waals surface area contributed by atoms with Gasteiger partial charge in [0.25, 0.3) is 0 Å². The van der Waals surface area contributed by atoms with Crippen LogP contribution in [0.4, 0.5) is 18.9 Å². The highest BCUT2D eigenvalue weighted by molar-refractivity contribution is 9.10. The van der Waals surface area contributed by atoms with Crippen molar-refractivity contribution in [3.63, 3.8) is 0 Å². The van der Waals surface area contributed by atoms with E-state index in [9.17, 15) is 31.2 Å². The average Bonchev–Trinajstić information content (AvgIpc) is 2.94. The minimum atomic E-state index is -4.86. The van der Waals surface area contributed by atoms with Crippen molar-refractivity contribution in [2.24, 2.45) is 0 Å². The summed E-state index contributed by atoms with van der Waals surface area (Å²) in [6.45, 7) is 2.80. The number of hydrogen-bond acceptors (Lipinski definition) is 4. The molecule has 2 atom stereocenters. The molecule has 2 unspecified atom stereocenters. The van der Waals surface area contributed by atoms with Gasteiger partial charge in [0.1, 0.15) is 12.6 Å². The van der Waals surface area contributed by atoms with E-state index in [2.05, 4.69) is 21.2 Å². The van der Waals surface area contributed by atoms with Gasteiger partial charge in [0, 0.05) is 23.5 Å². The molecule has 2 amide bonds. The fourth-order valence-electron chi connectivity index (χ4n) is 4.28. The van der Waals surface area contributed by atoms with Crippen molar-refractivity contribution in [2.45, 2.75) is 51.5 Å². The van der Waals surface area contributed by atoms with Gasteiger partial charge in [-0.1, -0.05) is 76.9 Å². The van der Waals surface area contributed by atoms with E-state index in [1.54, 1.807) is 48.5 Å². The van der Waals surface area contributed by atoms with E-state index >= 15 is 0 Å². The second-order valence-electron chi connectivity index (χ2n) is 10.1. The average molecular weight is 703 g/mol. The Balaban J connectivity index is 2.10.